The number of benzene rings is 4. The van der Waals surface area contributed by atoms with E-state index in [0.717, 1.165) is 22.3 Å². The molecule has 0 amide bonds. The van der Waals surface area contributed by atoms with Gasteiger partial charge in [-0.25, -0.2) is 0 Å². The molecule has 2 nitrogen and oxygen atoms in total. The molecule has 0 fully saturated rings. The van der Waals surface area contributed by atoms with Crippen LogP contribution in [0.5, 0.6) is 0 Å². The Balaban J connectivity index is 1.79. The Morgan fingerprint density at radius 2 is 1.09 bits per heavy atom. The second-order valence-electron chi connectivity index (χ2n) is 7.55. The fourth-order valence-corrected chi connectivity index (χ4v) is 3.76. The molecule has 0 unspecified atom stereocenters. The largest absolute Gasteiger partial charge is 0.451 e. The van der Waals surface area contributed by atoms with Crippen LogP contribution in [0.2, 0.25) is 0 Å². The lowest BCUT2D eigenvalue weighted by Gasteiger charge is -2.04. The van der Waals surface area contributed by atoms with Crippen molar-refractivity contribution in [1.29, 1.82) is 0 Å². The fourth-order valence-electron chi connectivity index (χ4n) is 3.76. The molecule has 1 aromatic heterocycles. The summed E-state index contributed by atoms with van der Waals surface area (Å²) in [6.07, 6.45) is 0. The van der Waals surface area contributed by atoms with E-state index in [4.69, 9.17) is 4.42 Å². The van der Waals surface area contributed by atoms with Gasteiger partial charge in [0.05, 0.1) is 5.56 Å². The quantitative estimate of drug-likeness (QED) is 0.225. The molecule has 0 saturated carbocycles. The zero-order valence-electron chi connectivity index (χ0n) is 17.9. The summed E-state index contributed by atoms with van der Waals surface area (Å²) in [7, 11) is 0. The van der Waals surface area contributed by atoms with Crippen LogP contribution >= 0.6 is 0 Å². The van der Waals surface area contributed by atoms with Gasteiger partial charge in [0.1, 0.15) is 5.76 Å². The molecular formula is C31H20O2. The van der Waals surface area contributed by atoms with E-state index in [2.05, 4.69) is 11.8 Å². The Morgan fingerprint density at radius 3 is 1.70 bits per heavy atom. The zero-order chi connectivity index (χ0) is 22.5. The van der Waals surface area contributed by atoms with Gasteiger partial charge in [0.25, 0.3) is 0 Å². The monoisotopic (exact) mass is 424 g/mol. The Kier molecular flexibility index (Phi) is 5.70. The minimum atomic E-state index is -0.188. The molecule has 5 rings (SSSR count). The van der Waals surface area contributed by atoms with Gasteiger partial charge < -0.3 is 4.42 Å². The molecule has 2 heteroatoms. The summed E-state index contributed by atoms with van der Waals surface area (Å²) in [5.74, 6) is 7.20. The number of rotatable bonds is 4. The van der Waals surface area contributed by atoms with Crippen molar-refractivity contribution >= 4 is 5.78 Å². The van der Waals surface area contributed by atoms with Gasteiger partial charge in [-0.2, -0.15) is 0 Å². The van der Waals surface area contributed by atoms with E-state index < -0.39 is 0 Å². The van der Waals surface area contributed by atoms with Crippen LogP contribution in [0.4, 0.5) is 0 Å². The molecule has 0 spiro atoms. The molecule has 0 bridgehead atoms. The van der Waals surface area contributed by atoms with Crippen LogP contribution in [0.3, 0.4) is 0 Å². The third-order valence-corrected chi connectivity index (χ3v) is 5.35. The van der Waals surface area contributed by atoms with Crippen molar-refractivity contribution in [3.8, 4) is 34.3 Å². The van der Waals surface area contributed by atoms with E-state index in [1.165, 1.54) is 0 Å². The highest BCUT2D eigenvalue weighted by molar-refractivity contribution is 6.10. The smallest absolute Gasteiger partial charge is 0.229 e. The highest BCUT2D eigenvalue weighted by atomic mass is 16.3. The van der Waals surface area contributed by atoms with Crippen molar-refractivity contribution in [1.82, 2.24) is 0 Å². The van der Waals surface area contributed by atoms with Gasteiger partial charge in [0.2, 0.25) is 5.78 Å². The molecule has 0 aliphatic heterocycles. The molecule has 0 atom stereocenters. The summed E-state index contributed by atoms with van der Waals surface area (Å²) in [5.41, 5.74) is 4.70. The first-order chi connectivity index (χ1) is 16.3. The first kappa shape index (κ1) is 20.3. The number of furan rings is 1. The summed E-state index contributed by atoms with van der Waals surface area (Å²) in [4.78, 5) is 13.5. The van der Waals surface area contributed by atoms with E-state index in [9.17, 15) is 4.79 Å². The molecule has 33 heavy (non-hydrogen) atoms. The van der Waals surface area contributed by atoms with Crippen LogP contribution in [0.1, 0.15) is 27.2 Å². The molecule has 4 aromatic carbocycles. The lowest BCUT2D eigenvalue weighted by atomic mass is 9.95. The van der Waals surface area contributed by atoms with Gasteiger partial charge in [0.15, 0.2) is 5.76 Å². The molecule has 1 heterocycles. The Hall–Kier alpha value is -4.61. The Morgan fingerprint density at radius 1 is 0.576 bits per heavy atom. The maximum Gasteiger partial charge on any atom is 0.229 e. The van der Waals surface area contributed by atoms with E-state index in [0.29, 0.717) is 16.9 Å². The highest BCUT2D eigenvalue weighted by Gasteiger charge is 2.26. The van der Waals surface area contributed by atoms with Crippen molar-refractivity contribution in [3.05, 3.63) is 144 Å². The molecule has 0 saturated heterocycles. The van der Waals surface area contributed by atoms with Crippen LogP contribution in [0, 0.1) is 11.8 Å². The van der Waals surface area contributed by atoms with Crippen LogP contribution in [0.25, 0.3) is 22.5 Å². The SMILES string of the molecule is O=C(c1ccccc1)c1oc(-c2ccccc2)c(-c2ccccc2)c1C#Cc1ccccc1. The van der Waals surface area contributed by atoms with Crippen molar-refractivity contribution in [2.24, 2.45) is 0 Å². The summed E-state index contributed by atoms with van der Waals surface area (Å²) >= 11 is 0. The third-order valence-electron chi connectivity index (χ3n) is 5.35. The second-order valence-corrected chi connectivity index (χ2v) is 7.55. The molecule has 0 aliphatic carbocycles. The van der Waals surface area contributed by atoms with Crippen LogP contribution in [-0.4, -0.2) is 5.78 Å². The van der Waals surface area contributed by atoms with Crippen LogP contribution in [0.15, 0.2) is 126 Å². The molecule has 0 aliphatic rings. The summed E-state index contributed by atoms with van der Waals surface area (Å²) in [5, 5.41) is 0. The average molecular weight is 424 g/mol. The second kappa shape index (κ2) is 9.26. The van der Waals surface area contributed by atoms with Gasteiger partial charge in [-0.15, -0.1) is 0 Å². The summed E-state index contributed by atoms with van der Waals surface area (Å²) < 4.78 is 6.34. The van der Waals surface area contributed by atoms with Crippen molar-refractivity contribution in [3.63, 3.8) is 0 Å². The van der Waals surface area contributed by atoms with E-state index >= 15 is 0 Å². The topological polar surface area (TPSA) is 30.2 Å². The number of carbonyl (C=O) groups excluding carboxylic acids is 1. The predicted octanol–water partition coefficient (Wildman–Crippen LogP) is 7.24. The molecule has 5 aromatic rings. The third kappa shape index (κ3) is 4.26. The fraction of sp³-hybridized carbons (Fsp3) is 0. The summed E-state index contributed by atoms with van der Waals surface area (Å²) in [6, 6.07) is 38.7. The molecule has 156 valence electrons. The Labute approximate surface area is 193 Å². The number of ketones is 1. The number of hydrogen-bond acceptors (Lipinski definition) is 2. The Bertz CT molecular complexity index is 1440. The highest BCUT2D eigenvalue weighted by Crippen LogP contribution is 2.39. The minimum Gasteiger partial charge on any atom is -0.451 e. The van der Waals surface area contributed by atoms with Crippen LogP contribution < -0.4 is 0 Å². The van der Waals surface area contributed by atoms with Crippen molar-refractivity contribution < 1.29 is 9.21 Å². The normalized spacial score (nSPS) is 10.3. The molecule has 0 radical (unpaired) electrons. The van der Waals surface area contributed by atoms with Crippen molar-refractivity contribution in [2.75, 3.05) is 0 Å². The zero-order valence-corrected chi connectivity index (χ0v) is 17.9. The molecule has 0 N–H and O–H groups in total. The lowest BCUT2D eigenvalue weighted by molar-refractivity contribution is 0.101. The van der Waals surface area contributed by atoms with Gasteiger partial charge in [-0.3, -0.25) is 4.79 Å². The maximum atomic E-state index is 13.5. The maximum absolute atomic E-state index is 13.5. The molecular weight excluding hydrogens is 404 g/mol. The lowest BCUT2D eigenvalue weighted by Crippen LogP contribution is -2.01. The predicted molar refractivity (Wildman–Crippen MR) is 132 cm³/mol. The average Bonchev–Trinajstić information content (AvgIpc) is 3.28. The van der Waals surface area contributed by atoms with Crippen LogP contribution in [-0.2, 0) is 0 Å². The van der Waals surface area contributed by atoms with E-state index in [-0.39, 0.29) is 11.5 Å². The number of hydrogen-bond donors (Lipinski definition) is 0. The van der Waals surface area contributed by atoms with Gasteiger partial charge >= 0.3 is 0 Å². The van der Waals surface area contributed by atoms with Gasteiger partial charge in [-0.05, 0) is 17.7 Å². The van der Waals surface area contributed by atoms with Crippen molar-refractivity contribution in [2.45, 2.75) is 0 Å². The van der Waals surface area contributed by atoms with Gasteiger partial charge in [0, 0.05) is 22.3 Å². The van der Waals surface area contributed by atoms with Gasteiger partial charge in [-0.1, -0.05) is 121 Å². The number of carbonyl (C=O) groups is 1. The minimum absolute atomic E-state index is 0.188. The first-order valence-electron chi connectivity index (χ1n) is 10.8. The first-order valence-corrected chi connectivity index (χ1v) is 10.8. The van der Waals surface area contributed by atoms with E-state index in [1.807, 2.05) is 109 Å². The standard InChI is InChI=1S/C31H20O2/c32-29(25-17-9-3-10-18-25)31-27(22-21-23-13-5-1-6-14-23)28(24-15-7-2-8-16-24)30(33-31)26-19-11-4-12-20-26/h1-20H. The van der Waals surface area contributed by atoms with E-state index in [1.54, 1.807) is 12.1 Å². The summed E-state index contributed by atoms with van der Waals surface area (Å²) in [6.45, 7) is 0.